The molecular weight excluding hydrogens is 935 g/mol. The maximum absolute atomic E-state index is 14.1. The molecule has 0 aromatic heterocycles. The Morgan fingerprint density at radius 2 is 1.22 bits per heavy atom. The third-order valence-electron chi connectivity index (χ3n) is 14.2. The number of hydrogen-bond acceptors (Lipinski definition) is 18. The van der Waals surface area contributed by atoms with E-state index in [0.717, 1.165) is 0 Å². The van der Waals surface area contributed by atoms with Crippen molar-refractivity contribution in [2.45, 2.75) is 214 Å². The van der Waals surface area contributed by atoms with Gasteiger partial charge in [-0.2, -0.15) is 0 Å². The van der Waals surface area contributed by atoms with Gasteiger partial charge in [0, 0.05) is 49.6 Å². The molecule has 0 aromatic rings. The fourth-order valence-electron chi connectivity index (χ4n) is 9.55. The molecule has 3 heterocycles. The first-order valence-electron chi connectivity index (χ1n) is 25.6. The van der Waals surface area contributed by atoms with Gasteiger partial charge in [-0.25, -0.2) is 0 Å². The van der Waals surface area contributed by atoms with E-state index in [2.05, 4.69) is 5.32 Å². The molecule has 0 radical (unpaired) electrons. The van der Waals surface area contributed by atoms with E-state index in [9.17, 15) is 60.7 Å². The van der Waals surface area contributed by atoms with Gasteiger partial charge in [0.15, 0.2) is 12.1 Å². The summed E-state index contributed by atoms with van der Waals surface area (Å²) < 4.78 is 23.9. The molecule has 15 N–H and O–H groups in total. The Bertz CT molecular complexity index is 1850. The fourth-order valence-corrected chi connectivity index (χ4v) is 9.55. The molecule has 3 fully saturated rings. The molecule has 1 saturated carbocycles. The zero-order chi connectivity index (χ0) is 53.1. The van der Waals surface area contributed by atoms with E-state index < -0.39 is 147 Å². The number of esters is 1. The number of nitrogens with one attached hydrogen (secondary N) is 1. The van der Waals surface area contributed by atoms with Crippen molar-refractivity contribution in [1.29, 1.82) is 0 Å². The number of amides is 1. The van der Waals surface area contributed by atoms with Gasteiger partial charge in [0.05, 0.1) is 85.5 Å². The first-order valence-corrected chi connectivity index (χ1v) is 25.6. The summed E-state index contributed by atoms with van der Waals surface area (Å²) in [7, 11) is 0. The molecule has 1 amide bonds. The van der Waals surface area contributed by atoms with Crippen LogP contribution in [0.2, 0.25) is 0 Å². The monoisotopic (exact) mass is 1020 g/mol. The number of aliphatic hydroxyl groups excluding tert-OH is 9. The summed E-state index contributed by atoms with van der Waals surface area (Å²) in [5.74, 6) is -5.52. The number of carbonyl (C=O) groups excluding carboxylic acids is 2. The molecule has 408 valence electrons. The molecule has 19 heteroatoms. The van der Waals surface area contributed by atoms with Gasteiger partial charge < -0.3 is 86.8 Å². The van der Waals surface area contributed by atoms with Crippen LogP contribution in [-0.2, 0) is 28.5 Å². The number of nitrogens with two attached hydrogens (primary N) is 2. The van der Waals surface area contributed by atoms with Crippen LogP contribution in [0.5, 0.6) is 0 Å². The first kappa shape index (κ1) is 61.1. The van der Waals surface area contributed by atoms with E-state index in [4.69, 9.17) is 30.4 Å². The van der Waals surface area contributed by atoms with Gasteiger partial charge in [0.1, 0.15) is 12.2 Å². The van der Waals surface area contributed by atoms with Crippen molar-refractivity contribution in [2.75, 3.05) is 0 Å². The van der Waals surface area contributed by atoms with Crippen LogP contribution in [0.1, 0.15) is 105 Å². The number of rotatable bonds is 4. The second-order valence-electron chi connectivity index (χ2n) is 20.3. The molecule has 0 unspecified atom stereocenters. The quantitative estimate of drug-likeness (QED) is 0.175. The summed E-state index contributed by atoms with van der Waals surface area (Å²) in [6.45, 7) is 6.81. The Labute approximate surface area is 424 Å². The summed E-state index contributed by atoms with van der Waals surface area (Å²) in [5.41, 5.74) is 12.2. The third kappa shape index (κ3) is 20.0. The highest BCUT2D eigenvalue weighted by atomic mass is 16.7. The van der Waals surface area contributed by atoms with Crippen LogP contribution in [0.15, 0.2) is 85.1 Å². The van der Waals surface area contributed by atoms with Crippen LogP contribution in [-0.4, -0.2) is 172 Å². The number of aliphatic hydroxyl groups is 10. The van der Waals surface area contributed by atoms with E-state index in [1.807, 2.05) is 49.5 Å². The molecule has 0 aromatic carbocycles. The van der Waals surface area contributed by atoms with E-state index in [0.29, 0.717) is 25.7 Å². The van der Waals surface area contributed by atoms with Crippen LogP contribution in [0.4, 0.5) is 0 Å². The molecule has 72 heavy (non-hydrogen) atoms. The van der Waals surface area contributed by atoms with Crippen LogP contribution in [0, 0.1) is 17.8 Å². The smallest absolute Gasteiger partial charge is 0.308 e. The lowest BCUT2D eigenvalue weighted by atomic mass is 9.81. The Balaban J connectivity index is 1.60. The molecule has 0 spiro atoms. The lowest BCUT2D eigenvalue weighted by Gasteiger charge is -2.46. The summed E-state index contributed by atoms with van der Waals surface area (Å²) >= 11 is 0. The number of hydrogen-bond donors (Lipinski definition) is 13. The fraction of sp³-hybridized carbons (Fsp3) is 0.698. The summed E-state index contributed by atoms with van der Waals surface area (Å²) in [4.78, 5) is 26.8. The highest BCUT2D eigenvalue weighted by Gasteiger charge is 2.51. The molecule has 19 atom stereocenters. The maximum Gasteiger partial charge on any atom is 0.308 e. The second-order valence-corrected chi connectivity index (χ2v) is 20.3. The average molecular weight is 1020 g/mol. The first-order chi connectivity index (χ1) is 34.1. The number of cyclic esters (lactones) is 1. The zero-order valence-electron chi connectivity index (χ0n) is 42.2. The molecule has 2 bridgehead atoms. The Hall–Kier alpha value is -3.48. The Morgan fingerprint density at radius 3 is 1.83 bits per heavy atom. The van der Waals surface area contributed by atoms with E-state index >= 15 is 0 Å². The Kier molecular flexibility index (Phi) is 25.6. The van der Waals surface area contributed by atoms with Gasteiger partial charge in [-0.15, -0.1) is 0 Å². The van der Waals surface area contributed by atoms with Gasteiger partial charge in [0.25, 0.3) is 0 Å². The molecule has 4 aliphatic rings. The SMILES string of the molecule is C[C@@H]1[C@H](O)[C@@H](C)/C=C/C=C/C=C/C=C/C=C/C=C/C=C/[C@H](O[C@@H]2O[C@H](C)[C@@H](O)[C@H](N)[C@@H]2O)C[C@@H]2O[C@](O)(C[C@@H](O)C[C@@H](O)[C@H](O)CC[C@@H](O)C[C@@H](O)CC(=O)O[C@H]1C)C[C@H](O)[C@H]2C(=O)NC1CCC(N)CC1. The molecule has 3 aliphatic heterocycles. The van der Waals surface area contributed by atoms with E-state index in [1.165, 1.54) is 0 Å². The summed E-state index contributed by atoms with van der Waals surface area (Å²) in [6, 6.07) is -1.35. The van der Waals surface area contributed by atoms with Crippen molar-refractivity contribution >= 4 is 11.9 Å². The van der Waals surface area contributed by atoms with Gasteiger partial charge in [-0.1, -0.05) is 98.9 Å². The molecule has 19 nitrogen and oxygen atoms in total. The van der Waals surface area contributed by atoms with Gasteiger partial charge in [0.2, 0.25) is 5.91 Å². The number of fused-ring (bicyclic) bond motifs is 2. The highest BCUT2D eigenvalue weighted by molar-refractivity contribution is 5.80. The van der Waals surface area contributed by atoms with Gasteiger partial charge in [-0.05, 0) is 58.8 Å². The van der Waals surface area contributed by atoms with Crippen molar-refractivity contribution in [3.8, 4) is 0 Å². The highest BCUT2D eigenvalue weighted by Crippen LogP contribution is 2.38. The average Bonchev–Trinajstić information content (AvgIpc) is 3.30. The van der Waals surface area contributed by atoms with Gasteiger partial charge >= 0.3 is 5.97 Å². The largest absolute Gasteiger partial charge is 0.462 e. The summed E-state index contributed by atoms with van der Waals surface area (Å²) in [6.07, 6.45) is 7.54. The lowest BCUT2D eigenvalue weighted by molar-refractivity contribution is -0.307. The van der Waals surface area contributed by atoms with E-state index in [-0.39, 0.29) is 43.7 Å². The van der Waals surface area contributed by atoms with Crippen molar-refractivity contribution < 1.29 is 79.6 Å². The van der Waals surface area contributed by atoms with Crippen LogP contribution < -0.4 is 16.8 Å². The molecule has 2 saturated heterocycles. The second kappa shape index (κ2) is 30.2. The normalized spacial score (nSPS) is 45.5. The molecule has 1 aliphatic carbocycles. The standard InChI is InChI=1S/C53H85N3O16/c1-31-17-15-13-11-9-7-5-6-8-10-12-14-16-18-40(71-52-50(66)47(55)49(65)34(4)70-52)28-44-46(51(67)56-36-21-19-35(54)20-22-36)43(62)30-53(68,72-44)29-39(59)26-42(61)41(60)24-23-37(57)25-38(58)27-45(63)69-33(3)32(2)48(31)64/h5-18,31-44,46-50,52,57-62,64-66,68H,19-30,54-55H2,1-4H3,(H,56,67)/b6-5+,9-7+,10-8+,13-11+,14-12+,17-15+,18-16+/t31-,32-,33-,34+,35?,36?,37+,38+,39-,40-,41+,42+,43-,44-,46+,47-,48+,49+,50-,52-,53+/m0/s1. The number of allylic oxidation sites excluding steroid dienone is 12. The minimum absolute atomic E-state index is 0.00523. The predicted octanol–water partition coefficient (Wildman–Crippen LogP) is 1.01. The minimum Gasteiger partial charge on any atom is -0.462 e. The van der Waals surface area contributed by atoms with Crippen molar-refractivity contribution in [1.82, 2.24) is 5.32 Å². The van der Waals surface area contributed by atoms with Crippen LogP contribution >= 0.6 is 0 Å². The van der Waals surface area contributed by atoms with Crippen molar-refractivity contribution in [2.24, 2.45) is 29.2 Å². The van der Waals surface area contributed by atoms with Crippen LogP contribution in [0.25, 0.3) is 0 Å². The minimum atomic E-state index is -2.27. The number of ether oxygens (including phenoxy) is 4. The van der Waals surface area contributed by atoms with Crippen molar-refractivity contribution in [3.05, 3.63) is 85.1 Å². The van der Waals surface area contributed by atoms with Crippen LogP contribution in [0.3, 0.4) is 0 Å². The predicted molar refractivity (Wildman–Crippen MR) is 268 cm³/mol. The van der Waals surface area contributed by atoms with E-state index in [1.54, 1.807) is 63.3 Å². The number of carbonyl (C=O) groups is 2. The molecule has 4 rings (SSSR count). The summed E-state index contributed by atoms with van der Waals surface area (Å²) in [5, 5.41) is 113. The molecular formula is C53H85N3O16. The zero-order valence-corrected chi connectivity index (χ0v) is 42.2. The lowest BCUT2D eigenvalue weighted by Crippen LogP contribution is -2.62. The van der Waals surface area contributed by atoms with Gasteiger partial charge in [-0.3, -0.25) is 9.59 Å². The Morgan fingerprint density at radius 1 is 0.639 bits per heavy atom. The third-order valence-corrected chi connectivity index (χ3v) is 14.2. The van der Waals surface area contributed by atoms with Crippen molar-refractivity contribution in [3.63, 3.8) is 0 Å². The maximum atomic E-state index is 14.1. The topological polar surface area (TPSA) is 337 Å².